The lowest BCUT2D eigenvalue weighted by atomic mass is 10.0. The van der Waals surface area contributed by atoms with E-state index in [1.807, 2.05) is 31.0 Å². The minimum atomic E-state index is -0.190. The number of Topliss-reactive ketones (excluding diaryl/α,β-unsaturated/α-hetero) is 1. The Kier molecular flexibility index (Phi) is 4.88. The van der Waals surface area contributed by atoms with Crippen LogP contribution in [-0.4, -0.2) is 28.8 Å². The summed E-state index contributed by atoms with van der Waals surface area (Å²) in [5.74, 6) is 0.0956. The van der Waals surface area contributed by atoms with Gasteiger partial charge in [0.2, 0.25) is 0 Å². The fourth-order valence-electron chi connectivity index (χ4n) is 1.97. The van der Waals surface area contributed by atoms with Gasteiger partial charge in [0.15, 0.2) is 5.78 Å². The molecule has 1 aromatic carbocycles. The summed E-state index contributed by atoms with van der Waals surface area (Å²) < 4.78 is 0. The summed E-state index contributed by atoms with van der Waals surface area (Å²) in [6, 6.07) is 10.7. The number of hydrogen-bond acceptors (Lipinski definition) is 3. The molecule has 104 valence electrons. The van der Waals surface area contributed by atoms with Crippen LogP contribution in [0, 0.1) is 0 Å². The van der Waals surface area contributed by atoms with Crippen molar-refractivity contribution in [2.45, 2.75) is 19.5 Å². The molecule has 1 unspecified atom stereocenters. The number of hydrogen-bond donors (Lipinski definition) is 0. The van der Waals surface area contributed by atoms with Gasteiger partial charge in [-0.3, -0.25) is 14.7 Å². The molecule has 0 aliphatic carbocycles. The van der Waals surface area contributed by atoms with Crippen molar-refractivity contribution in [2.24, 2.45) is 0 Å². The van der Waals surface area contributed by atoms with E-state index in [4.69, 9.17) is 11.6 Å². The predicted molar refractivity (Wildman–Crippen MR) is 80.9 cm³/mol. The molecule has 1 aromatic heterocycles. The predicted octanol–water partition coefficient (Wildman–Crippen LogP) is 3.44. The first-order valence-corrected chi connectivity index (χ1v) is 6.84. The summed E-state index contributed by atoms with van der Waals surface area (Å²) in [5.41, 5.74) is 1.82. The lowest BCUT2D eigenvalue weighted by Crippen LogP contribution is -2.35. The summed E-state index contributed by atoms with van der Waals surface area (Å²) in [7, 11) is 1.94. The van der Waals surface area contributed by atoms with Gasteiger partial charge in [-0.05, 0) is 55.9 Å². The number of carbonyl (C=O) groups is 1. The molecule has 1 atom stereocenters. The lowest BCUT2D eigenvalue weighted by molar-refractivity contribution is 0.0862. The Bertz CT molecular complexity index is 569. The highest BCUT2D eigenvalue weighted by Crippen LogP contribution is 2.14. The third-order valence-electron chi connectivity index (χ3n) is 3.35. The van der Waals surface area contributed by atoms with Crippen LogP contribution in [0.1, 0.15) is 22.8 Å². The second kappa shape index (κ2) is 6.64. The Morgan fingerprint density at radius 2 is 1.80 bits per heavy atom. The number of rotatable bonds is 5. The highest BCUT2D eigenvalue weighted by Gasteiger charge is 2.19. The maximum absolute atomic E-state index is 12.4. The van der Waals surface area contributed by atoms with Crippen LogP contribution >= 0.6 is 11.6 Å². The Morgan fingerprint density at radius 3 is 2.40 bits per heavy atom. The van der Waals surface area contributed by atoms with Gasteiger partial charge in [0.25, 0.3) is 0 Å². The molecule has 3 nitrogen and oxygen atoms in total. The van der Waals surface area contributed by atoms with Crippen molar-refractivity contribution in [3.8, 4) is 0 Å². The molecule has 0 aliphatic heterocycles. The van der Waals surface area contributed by atoms with E-state index in [9.17, 15) is 4.79 Å². The smallest absolute Gasteiger partial charge is 0.179 e. The zero-order valence-corrected chi connectivity index (χ0v) is 12.3. The van der Waals surface area contributed by atoms with Crippen molar-refractivity contribution in [3.63, 3.8) is 0 Å². The molecule has 0 saturated heterocycles. The Morgan fingerprint density at radius 1 is 1.20 bits per heavy atom. The van der Waals surface area contributed by atoms with E-state index in [1.54, 1.807) is 36.7 Å². The van der Waals surface area contributed by atoms with Crippen LogP contribution in [0.4, 0.5) is 0 Å². The van der Waals surface area contributed by atoms with Crippen LogP contribution in [0.3, 0.4) is 0 Å². The number of ketones is 1. The van der Waals surface area contributed by atoms with Gasteiger partial charge in [0.05, 0.1) is 6.04 Å². The summed E-state index contributed by atoms with van der Waals surface area (Å²) >= 11 is 5.84. The molecular formula is C16H17ClN2O. The number of likely N-dealkylation sites (N-methyl/N-ethyl adjacent to an activating group) is 1. The van der Waals surface area contributed by atoms with Gasteiger partial charge in [0, 0.05) is 29.5 Å². The molecule has 0 spiro atoms. The van der Waals surface area contributed by atoms with E-state index in [1.165, 1.54) is 0 Å². The van der Waals surface area contributed by atoms with Crippen molar-refractivity contribution in [1.29, 1.82) is 0 Å². The molecule has 2 aromatic rings. The van der Waals surface area contributed by atoms with Crippen LogP contribution in [-0.2, 0) is 6.54 Å². The average Bonchev–Trinajstić information content (AvgIpc) is 2.47. The maximum atomic E-state index is 12.4. The van der Waals surface area contributed by atoms with Gasteiger partial charge < -0.3 is 0 Å². The Labute approximate surface area is 124 Å². The quantitative estimate of drug-likeness (QED) is 0.790. The Hall–Kier alpha value is -1.71. The van der Waals surface area contributed by atoms with Crippen LogP contribution in [0.2, 0.25) is 5.02 Å². The maximum Gasteiger partial charge on any atom is 0.179 e. The number of halogens is 1. The topological polar surface area (TPSA) is 33.2 Å². The van der Waals surface area contributed by atoms with Crippen molar-refractivity contribution in [3.05, 3.63) is 64.9 Å². The SMILES string of the molecule is CC(C(=O)c1ccc(Cl)cc1)N(C)Cc1ccncc1. The number of nitrogens with zero attached hydrogens (tertiary/aromatic N) is 2. The van der Waals surface area contributed by atoms with Crippen molar-refractivity contribution in [2.75, 3.05) is 7.05 Å². The van der Waals surface area contributed by atoms with Crippen LogP contribution in [0.5, 0.6) is 0 Å². The van der Waals surface area contributed by atoms with E-state index in [0.717, 1.165) is 5.56 Å². The molecule has 0 N–H and O–H groups in total. The molecule has 4 heteroatoms. The number of benzene rings is 1. The zero-order chi connectivity index (χ0) is 14.5. The second-order valence-corrected chi connectivity index (χ2v) is 5.25. The molecule has 1 heterocycles. The molecule has 0 aliphatic rings. The third kappa shape index (κ3) is 3.65. The van der Waals surface area contributed by atoms with Crippen LogP contribution in [0.15, 0.2) is 48.8 Å². The van der Waals surface area contributed by atoms with Gasteiger partial charge in [0.1, 0.15) is 0 Å². The summed E-state index contributed by atoms with van der Waals surface area (Å²) in [5, 5.41) is 0.638. The highest BCUT2D eigenvalue weighted by molar-refractivity contribution is 6.30. The van der Waals surface area contributed by atoms with E-state index < -0.39 is 0 Å². The molecule has 0 amide bonds. The van der Waals surface area contributed by atoms with E-state index in [-0.39, 0.29) is 11.8 Å². The third-order valence-corrected chi connectivity index (χ3v) is 3.60. The molecule has 0 fully saturated rings. The Balaban J connectivity index is 2.04. The van der Waals surface area contributed by atoms with Crippen LogP contribution < -0.4 is 0 Å². The first kappa shape index (κ1) is 14.7. The zero-order valence-electron chi connectivity index (χ0n) is 11.6. The van der Waals surface area contributed by atoms with Gasteiger partial charge in [-0.25, -0.2) is 0 Å². The van der Waals surface area contributed by atoms with Gasteiger partial charge >= 0.3 is 0 Å². The fourth-order valence-corrected chi connectivity index (χ4v) is 2.09. The van der Waals surface area contributed by atoms with Gasteiger partial charge in [-0.15, -0.1) is 0 Å². The normalized spacial score (nSPS) is 12.4. The summed E-state index contributed by atoms with van der Waals surface area (Å²) in [6.45, 7) is 2.63. The number of carbonyl (C=O) groups excluding carboxylic acids is 1. The fraction of sp³-hybridized carbons (Fsp3) is 0.250. The number of aromatic nitrogens is 1. The van der Waals surface area contributed by atoms with E-state index in [2.05, 4.69) is 4.98 Å². The van der Waals surface area contributed by atoms with Gasteiger partial charge in [-0.2, -0.15) is 0 Å². The van der Waals surface area contributed by atoms with Crippen LogP contribution in [0.25, 0.3) is 0 Å². The molecule has 0 bridgehead atoms. The monoisotopic (exact) mass is 288 g/mol. The van der Waals surface area contributed by atoms with Crippen molar-refractivity contribution >= 4 is 17.4 Å². The first-order chi connectivity index (χ1) is 9.58. The largest absolute Gasteiger partial charge is 0.292 e. The highest BCUT2D eigenvalue weighted by atomic mass is 35.5. The van der Waals surface area contributed by atoms with Gasteiger partial charge in [-0.1, -0.05) is 11.6 Å². The second-order valence-electron chi connectivity index (χ2n) is 4.82. The molecule has 0 saturated carbocycles. The summed E-state index contributed by atoms with van der Waals surface area (Å²) in [6.07, 6.45) is 3.52. The molecule has 0 radical (unpaired) electrons. The van der Waals surface area contributed by atoms with E-state index >= 15 is 0 Å². The molecule has 2 rings (SSSR count). The summed E-state index contributed by atoms with van der Waals surface area (Å²) in [4.78, 5) is 18.4. The number of pyridine rings is 1. The minimum absolute atomic E-state index is 0.0956. The molecular weight excluding hydrogens is 272 g/mol. The molecule has 20 heavy (non-hydrogen) atoms. The lowest BCUT2D eigenvalue weighted by Gasteiger charge is -2.23. The van der Waals surface area contributed by atoms with Crippen molar-refractivity contribution < 1.29 is 4.79 Å². The van der Waals surface area contributed by atoms with E-state index in [0.29, 0.717) is 17.1 Å². The standard InChI is InChI=1S/C16H17ClN2O/c1-12(16(20)14-3-5-15(17)6-4-14)19(2)11-13-7-9-18-10-8-13/h3-10,12H,11H2,1-2H3. The average molecular weight is 289 g/mol. The first-order valence-electron chi connectivity index (χ1n) is 6.47. The minimum Gasteiger partial charge on any atom is -0.292 e. The van der Waals surface area contributed by atoms with Crippen molar-refractivity contribution in [1.82, 2.24) is 9.88 Å².